The predicted molar refractivity (Wildman–Crippen MR) is 129 cm³/mol. The maximum Gasteiger partial charge on any atom is 0.416 e. The van der Waals surface area contributed by atoms with Gasteiger partial charge < -0.3 is 20.5 Å². The topological polar surface area (TPSA) is 101 Å². The second-order valence-corrected chi connectivity index (χ2v) is 7.65. The number of alkyl halides is 3. The minimum Gasteiger partial charge on any atom is -0.457 e. The lowest BCUT2D eigenvalue weighted by Gasteiger charge is -2.14. The number of hydrogen-bond acceptors (Lipinski definition) is 5. The number of nitrogens with one attached hydrogen (secondary N) is 2. The van der Waals surface area contributed by atoms with Gasteiger partial charge in [-0.25, -0.2) is 0 Å². The predicted octanol–water partition coefficient (Wildman–Crippen LogP) is 4.83. The Morgan fingerprint density at radius 3 is 2.58 bits per heavy atom. The molecule has 0 aliphatic heterocycles. The normalized spacial score (nSPS) is 11.4. The molecule has 188 valence electrons. The Labute approximate surface area is 205 Å². The van der Waals surface area contributed by atoms with Gasteiger partial charge in [0.25, 0.3) is 5.91 Å². The average molecular weight is 499 g/mol. The number of aromatic nitrogens is 1. The van der Waals surface area contributed by atoms with Crippen LogP contribution in [-0.2, 0) is 17.4 Å². The van der Waals surface area contributed by atoms with Crippen LogP contribution in [0.15, 0.2) is 66.9 Å². The van der Waals surface area contributed by atoms with E-state index in [0.717, 1.165) is 6.07 Å². The summed E-state index contributed by atoms with van der Waals surface area (Å²) in [6.45, 7) is -0.216. The van der Waals surface area contributed by atoms with Gasteiger partial charge in [0, 0.05) is 37.7 Å². The van der Waals surface area contributed by atoms with Crippen molar-refractivity contribution in [3.63, 3.8) is 0 Å². The van der Waals surface area contributed by atoms with E-state index in [9.17, 15) is 22.8 Å². The first-order valence-corrected chi connectivity index (χ1v) is 11.0. The third-order valence-corrected chi connectivity index (χ3v) is 5.00. The number of benzene rings is 2. The van der Waals surface area contributed by atoms with E-state index >= 15 is 0 Å². The number of aliphatic hydroxyl groups is 1. The molecule has 0 saturated heterocycles. The van der Waals surface area contributed by atoms with Crippen molar-refractivity contribution in [3.8, 4) is 11.5 Å². The molecule has 0 spiro atoms. The quantitative estimate of drug-likeness (QED) is 0.366. The van der Waals surface area contributed by atoms with Crippen molar-refractivity contribution >= 4 is 23.6 Å². The molecule has 3 aromatic rings. The molecule has 0 unspecified atom stereocenters. The molecule has 0 bridgehead atoms. The summed E-state index contributed by atoms with van der Waals surface area (Å²) in [5.74, 6) is -0.127. The molecular weight excluding hydrogens is 475 g/mol. The van der Waals surface area contributed by atoms with Crippen molar-refractivity contribution in [2.24, 2.45) is 0 Å². The average Bonchev–Trinajstić information content (AvgIpc) is 2.86. The first-order valence-electron chi connectivity index (χ1n) is 11.0. The van der Waals surface area contributed by atoms with Gasteiger partial charge in [-0.2, -0.15) is 13.2 Å². The lowest BCUT2D eigenvalue weighted by atomic mass is 10.0. The second-order valence-electron chi connectivity index (χ2n) is 7.65. The summed E-state index contributed by atoms with van der Waals surface area (Å²) in [6.07, 6.45) is -0.177. The molecule has 0 aliphatic rings. The molecule has 2 amide bonds. The molecule has 0 fully saturated rings. The zero-order valence-corrected chi connectivity index (χ0v) is 19.3. The van der Waals surface area contributed by atoms with Crippen LogP contribution in [0.3, 0.4) is 0 Å². The van der Waals surface area contributed by atoms with Gasteiger partial charge in [-0.15, -0.1) is 0 Å². The van der Waals surface area contributed by atoms with Crippen LogP contribution in [-0.4, -0.2) is 35.6 Å². The number of pyridine rings is 1. The van der Waals surface area contributed by atoms with Crippen molar-refractivity contribution in [1.82, 2.24) is 10.3 Å². The summed E-state index contributed by atoms with van der Waals surface area (Å²) in [6, 6.07) is 13.4. The number of aliphatic hydroxyl groups excluding tert-OH is 1. The highest BCUT2D eigenvalue weighted by Crippen LogP contribution is 2.34. The molecule has 10 heteroatoms. The second kappa shape index (κ2) is 12.0. The number of carbonyl (C=O) groups is 2. The molecule has 7 nitrogen and oxygen atoms in total. The molecular formula is C26H24F3N3O4. The monoisotopic (exact) mass is 499 g/mol. The van der Waals surface area contributed by atoms with Crippen LogP contribution in [0.25, 0.3) is 6.08 Å². The zero-order chi connectivity index (χ0) is 26.1. The van der Waals surface area contributed by atoms with Gasteiger partial charge in [0.05, 0.1) is 5.56 Å². The summed E-state index contributed by atoms with van der Waals surface area (Å²) < 4.78 is 46.0. The van der Waals surface area contributed by atoms with Gasteiger partial charge in [0.1, 0.15) is 17.2 Å². The smallest absolute Gasteiger partial charge is 0.416 e. The first kappa shape index (κ1) is 26.4. The minimum absolute atomic E-state index is 0.00594. The highest BCUT2D eigenvalue weighted by atomic mass is 19.4. The van der Waals surface area contributed by atoms with E-state index in [-0.39, 0.29) is 42.3 Å². The number of hydrogen-bond donors (Lipinski definition) is 3. The van der Waals surface area contributed by atoms with E-state index in [4.69, 9.17) is 9.84 Å². The molecule has 0 atom stereocenters. The summed E-state index contributed by atoms with van der Waals surface area (Å²) >= 11 is 0. The number of halogens is 3. The molecule has 1 aromatic heterocycles. The maximum absolute atomic E-state index is 13.4. The summed E-state index contributed by atoms with van der Waals surface area (Å²) in [7, 11) is 1.49. The van der Waals surface area contributed by atoms with Crippen LogP contribution >= 0.6 is 0 Å². The van der Waals surface area contributed by atoms with Gasteiger partial charge in [-0.3, -0.25) is 14.6 Å². The van der Waals surface area contributed by atoms with Gasteiger partial charge >= 0.3 is 6.18 Å². The number of anilines is 1. The Bertz CT molecular complexity index is 1260. The Morgan fingerprint density at radius 1 is 1.08 bits per heavy atom. The van der Waals surface area contributed by atoms with Crippen LogP contribution in [0.4, 0.5) is 18.9 Å². The lowest BCUT2D eigenvalue weighted by Crippen LogP contribution is -2.18. The van der Waals surface area contributed by atoms with E-state index in [1.54, 1.807) is 30.3 Å². The molecule has 0 saturated carbocycles. The molecule has 2 aromatic carbocycles. The fourth-order valence-electron chi connectivity index (χ4n) is 3.31. The largest absolute Gasteiger partial charge is 0.457 e. The lowest BCUT2D eigenvalue weighted by molar-refractivity contribution is -0.138. The number of aryl methyl sites for hydroxylation is 1. The van der Waals surface area contributed by atoms with Gasteiger partial charge in [-0.05, 0) is 60.4 Å². The Morgan fingerprint density at radius 2 is 1.86 bits per heavy atom. The third-order valence-electron chi connectivity index (χ3n) is 5.00. The standard InChI is InChI=1S/C26H24F3N3O4/c1-30-25(35)23-16-21(11-12-31-23)36-20-6-2-4-17(14-20)7-10-24(34)32-19-9-8-18(5-3-13-33)22(15-19)26(27,28)29/h2,4,6-12,14-16,33H,3,5,13H2,1H3,(H,30,35)(H,32,34)/b10-7+. The molecule has 0 radical (unpaired) electrons. The van der Waals surface area contributed by atoms with Crippen molar-refractivity contribution in [2.45, 2.75) is 19.0 Å². The SMILES string of the molecule is CNC(=O)c1cc(Oc2cccc(/C=C/C(=O)Nc3ccc(CCCO)c(C(F)(F)F)c3)c2)ccn1. The van der Waals surface area contributed by atoms with Crippen LogP contribution < -0.4 is 15.4 Å². The van der Waals surface area contributed by atoms with Crippen molar-refractivity contribution in [3.05, 3.63) is 89.3 Å². The van der Waals surface area contributed by atoms with E-state index in [1.807, 2.05) is 0 Å². The van der Waals surface area contributed by atoms with Crippen LogP contribution in [0.1, 0.15) is 33.6 Å². The van der Waals surface area contributed by atoms with Crippen molar-refractivity contribution in [2.75, 3.05) is 19.0 Å². The zero-order valence-electron chi connectivity index (χ0n) is 19.3. The summed E-state index contributed by atoms with van der Waals surface area (Å²) in [4.78, 5) is 28.0. The van der Waals surface area contributed by atoms with Crippen LogP contribution in [0.5, 0.6) is 11.5 Å². The number of nitrogens with zero attached hydrogens (tertiary/aromatic N) is 1. The minimum atomic E-state index is -4.59. The summed E-state index contributed by atoms with van der Waals surface area (Å²) in [5, 5.41) is 13.8. The van der Waals surface area contributed by atoms with Gasteiger partial charge in [-0.1, -0.05) is 18.2 Å². The number of amides is 2. The maximum atomic E-state index is 13.4. The van der Waals surface area contributed by atoms with Crippen LogP contribution in [0, 0.1) is 0 Å². The Balaban J connectivity index is 1.69. The highest BCUT2D eigenvalue weighted by molar-refractivity contribution is 6.02. The number of carbonyl (C=O) groups excluding carboxylic acids is 2. The highest BCUT2D eigenvalue weighted by Gasteiger charge is 2.33. The van der Waals surface area contributed by atoms with E-state index in [1.165, 1.54) is 43.6 Å². The Kier molecular flexibility index (Phi) is 8.80. The first-order chi connectivity index (χ1) is 17.2. The number of ether oxygens (including phenoxy) is 1. The molecule has 3 N–H and O–H groups in total. The fourth-order valence-corrected chi connectivity index (χ4v) is 3.31. The van der Waals surface area contributed by atoms with E-state index in [0.29, 0.717) is 17.1 Å². The molecule has 36 heavy (non-hydrogen) atoms. The van der Waals surface area contributed by atoms with Gasteiger partial charge in [0.2, 0.25) is 5.91 Å². The molecule has 3 rings (SSSR count). The van der Waals surface area contributed by atoms with Crippen molar-refractivity contribution in [1.29, 1.82) is 0 Å². The van der Waals surface area contributed by atoms with E-state index < -0.39 is 17.6 Å². The molecule has 1 heterocycles. The molecule has 0 aliphatic carbocycles. The van der Waals surface area contributed by atoms with Crippen LogP contribution in [0.2, 0.25) is 0 Å². The van der Waals surface area contributed by atoms with Gasteiger partial charge in [0.15, 0.2) is 0 Å². The fraction of sp³-hybridized carbons (Fsp3) is 0.192. The van der Waals surface area contributed by atoms with Crippen molar-refractivity contribution < 1.29 is 32.6 Å². The summed E-state index contributed by atoms with van der Waals surface area (Å²) in [5.41, 5.74) is 0.0135. The number of rotatable bonds is 9. The third kappa shape index (κ3) is 7.41. The van der Waals surface area contributed by atoms with E-state index in [2.05, 4.69) is 15.6 Å². The Hall–Kier alpha value is -4.18.